The van der Waals surface area contributed by atoms with Crippen LogP contribution in [0.4, 0.5) is 17.6 Å². The third-order valence-corrected chi connectivity index (χ3v) is 7.67. The summed E-state index contributed by atoms with van der Waals surface area (Å²) in [5, 5.41) is 0. The summed E-state index contributed by atoms with van der Waals surface area (Å²) < 4.78 is 61.5. The standard InChI is InChI=1S/C30H27F4N3O2/c31-23-4-1-3-21(17-23)19-6-8-20(9-7-19)29(38)36-14-12-24(13-15-36)37-26-11-10-22(30(32,33)34)18-25(26)35-28(37)27-5-2-16-39-27/h1,3-4,6-11,17-18,24,27H,2,5,12-16H2. The number of hydrogen-bond donors (Lipinski definition) is 0. The zero-order chi connectivity index (χ0) is 27.1. The molecule has 0 saturated carbocycles. The summed E-state index contributed by atoms with van der Waals surface area (Å²) in [4.78, 5) is 19.7. The summed E-state index contributed by atoms with van der Waals surface area (Å²) in [7, 11) is 0. The van der Waals surface area contributed by atoms with E-state index in [0.717, 1.165) is 36.1 Å². The molecule has 0 bridgehead atoms. The zero-order valence-electron chi connectivity index (χ0n) is 21.1. The molecule has 1 aromatic heterocycles. The summed E-state index contributed by atoms with van der Waals surface area (Å²) >= 11 is 0. The number of fused-ring (bicyclic) bond motifs is 1. The van der Waals surface area contributed by atoms with Crippen LogP contribution in [0.5, 0.6) is 0 Å². The Hall–Kier alpha value is -3.72. The molecule has 9 heteroatoms. The Labute approximate surface area is 223 Å². The first kappa shape index (κ1) is 25.6. The number of alkyl halides is 3. The molecule has 2 fully saturated rings. The van der Waals surface area contributed by atoms with Gasteiger partial charge in [0.25, 0.3) is 5.91 Å². The van der Waals surface area contributed by atoms with Gasteiger partial charge in [0.2, 0.25) is 0 Å². The quantitative estimate of drug-likeness (QED) is 0.259. The molecule has 1 unspecified atom stereocenters. The molecule has 4 aromatic rings. The Morgan fingerprint density at radius 2 is 1.69 bits per heavy atom. The smallest absolute Gasteiger partial charge is 0.370 e. The number of amides is 1. The van der Waals surface area contributed by atoms with Crippen LogP contribution in [0.1, 0.15) is 59.6 Å². The molecule has 0 radical (unpaired) electrons. The van der Waals surface area contributed by atoms with Gasteiger partial charge in [0.15, 0.2) is 0 Å². The molecule has 2 aliphatic heterocycles. The second-order valence-electron chi connectivity index (χ2n) is 10.2. The van der Waals surface area contributed by atoms with Gasteiger partial charge in [-0.1, -0.05) is 24.3 Å². The number of rotatable bonds is 4. The summed E-state index contributed by atoms with van der Waals surface area (Å²) in [6, 6.07) is 17.2. The SMILES string of the molecule is O=C(c1ccc(-c2cccc(F)c2)cc1)N1CCC(n2c(C3CCCO3)nc3cc(C(F)(F)F)ccc32)CC1. The molecular weight excluding hydrogens is 510 g/mol. The molecule has 1 atom stereocenters. The first-order valence-corrected chi connectivity index (χ1v) is 13.1. The minimum absolute atomic E-state index is 0.00894. The molecule has 2 saturated heterocycles. The van der Waals surface area contributed by atoms with E-state index in [9.17, 15) is 22.4 Å². The number of aromatic nitrogens is 2. The molecule has 39 heavy (non-hydrogen) atoms. The molecular formula is C30H27F4N3O2. The number of ether oxygens (including phenoxy) is 1. The largest absolute Gasteiger partial charge is 0.416 e. The summed E-state index contributed by atoms with van der Waals surface area (Å²) in [6.07, 6.45) is -1.73. The fourth-order valence-electron chi connectivity index (χ4n) is 5.67. The molecule has 0 spiro atoms. The fraction of sp³-hybridized carbons (Fsp3) is 0.333. The second-order valence-corrected chi connectivity index (χ2v) is 10.2. The van der Waals surface area contributed by atoms with Crippen LogP contribution in [0.3, 0.4) is 0 Å². The van der Waals surface area contributed by atoms with Crippen molar-refractivity contribution in [1.82, 2.24) is 14.5 Å². The Bertz CT molecular complexity index is 1500. The fourth-order valence-corrected chi connectivity index (χ4v) is 5.67. The third kappa shape index (κ3) is 5.03. The highest BCUT2D eigenvalue weighted by Gasteiger charge is 2.34. The lowest BCUT2D eigenvalue weighted by molar-refractivity contribution is -0.137. The molecule has 0 aliphatic carbocycles. The first-order valence-electron chi connectivity index (χ1n) is 13.1. The lowest BCUT2D eigenvalue weighted by Gasteiger charge is -2.34. The van der Waals surface area contributed by atoms with Gasteiger partial charge in [0.1, 0.15) is 17.7 Å². The van der Waals surface area contributed by atoms with Crippen molar-refractivity contribution in [3.63, 3.8) is 0 Å². The molecule has 202 valence electrons. The van der Waals surface area contributed by atoms with Crippen LogP contribution in [0.25, 0.3) is 22.2 Å². The predicted octanol–water partition coefficient (Wildman–Crippen LogP) is 7.19. The molecule has 0 N–H and O–H groups in total. The normalized spacial score (nSPS) is 18.7. The molecule has 1 amide bonds. The highest BCUT2D eigenvalue weighted by molar-refractivity contribution is 5.94. The van der Waals surface area contributed by atoms with E-state index >= 15 is 0 Å². The maximum absolute atomic E-state index is 13.6. The minimum Gasteiger partial charge on any atom is -0.370 e. The van der Waals surface area contributed by atoms with E-state index in [4.69, 9.17) is 4.74 Å². The van der Waals surface area contributed by atoms with Gasteiger partial charge in [-0.2, -0.15) is 13.2 Å². The van der Waals surface area contributed by atoms with Crippen molar-refractivity contribution in [2.45, 2.75) is 44.0 Å². The van der Waals surface area contributed by atoms with Gasteiger partial charge in [-0.05, 0) is 79.3 Å². The van der Waals surface area contributed by atoms with E-state index in [1.165, 1.54) is 18.2 Å². The molecule has 5 nitrogen and oxygen atoms in total. The van der Waals surface area contributed by atoms with Gasteiger partial charge in [0, 0.05) is 31.3 Å². The first-order chi connectivity index (χ1) is 18.8. The Kier molecular flexibility index (Phi) is 6.62. The van der Waals surface area contributed by atoms with E-state index in [0.29, 0.717) is 55.0 Å². The Balaban J connectivity index is 1.21. The van der Waals surface area contributed by atoms with Crippen LogP contribution in [0, 0.1) is 5.82 Å². The zero-order valence-corrected chi connectivity index (χ0v) is 21.1. The van der Waals surface area contributed by atoms with Crippen LogP contribution in [-0.2, 0) is 10.9 Å². The van der Waals surface area contributed by atoms with Gasteiger partial charge < -0.3 is 14.2 Å². The van der Waals surface area contributed by atoms with Crippen LogP contribution < -0.4 is 0 Å². The summed E-state index contributed by atoms with van der Waals surface area (Å²) in [6.45, 7) is 1.63. The highest BCUT2D eigenvalue weighted by atomic mass is 19.4. The maximum Gasteiger partial charge on any atom is 0.416 e. The van der Waals surface area contributed by atoms with Crippen molar-refractivity contribution in [3.8, 4) is 11.1 Å². The molecule has 3 heterocycles. The van der Waals surface area contributed by atoms with Crippen LogP contribution >= 0.6 is 0 Å². The molecule has 2 aliphatic rings. The summed E-state index contributed by atoms with van der Waals surface area (Å²) in [5.41, 5.74) is 2.38. The van der Waals surface area contributed by atoms with Gasteiger partial charge in [-0.15, -0.1) is 0 Å². The number of piperidine rings is 1. The average molecular weight is 538 g/mol. The van der Waals surface area contributed by atoms with Gasteiger partial charge >= 0.3 is 6.18 Å². The van der Waals surface area contributed by atoms with Crippen molar-refractivity contribution < 1.29 is 27.1 Å². The van der Waals surface area contributed by atoms with Crippen LogP contribution in [-0.4, -0.2) is 40.1 Å². The number of benzene rings is 3. The Morgan fingerprint density at radius 1 is 0.923 bits per heavy atom. The predicted molar refractivity (Wildman–Crippen MR) is 139 cm³/mol. The summed E-state index contributed by atoms with van der Waals surface area (Å²) in [5.74, 6) is 0.271. The van der Waals surface area contributed by atoms with E-state index in [-0.39, 0.29) is 23.9 Å². The van der Waals surface area contributed by atoms with E-state index < -0.39 is 11.7 Å². The monoisotopic (exact) mass is 537 g/mol. The van der Waals surface area contributed by atoms with Gasteiger partial charge in [0.05, 0.1) is 16.6 Å². The topological polar surface area (TPSA) is 47.4 Å². The minimum atomic E-state index is -4.44. The van der Waals surface area contributed by atoms with Crippen molar-refractivity contribution in [2.24, 2.45) is 0 Å². The van der Waals surface area contributed by atoms with E-state index in [2.05, 4.69) is 4.98 Å². The number of halogens is 4. The average Bonchev–Trinajstić information content (AvgIpc) is 3.60. The van der Waals surface area contributed by atoms with Gasteiger partial charge in [-0.3, -0.25) is 4.79 Å². The lowest BCUT2D eigenvalue weighted by atomic mass is 10.0. The maximum atomic E-state index is 13.6. The Morgan fingerprint density at radius 3 is 2.36 bits per heavy atom. The van der Waals surface area contributed by atoms with Crippen molar-refractivity contribution >= 4 is 16.9 Å². The van der Waals surface area contributed by atoms with Crippen LogP contribution in [0.15, 0.2) is 66.7 Å². The number of likely N-dealkylation sites (tertiary alicyclic amines) is 1. The van der Waals surface area contributed by atoms with Crippen molar-refractivity contribution in [3.05, 3.63) is 89.5 Å². The third-order valence-electron chi connectivity index (χ3n) is 7.67. The van der Waals surface area contributed by atoms with E-state index in [1.807, 2.05) is 22.8 Å². The second kappa shape index (κ2) is 10.1. The number of carbonyl (C=O) groups is 1. The number of nitrogens with zero attached hydrogens (tertiary/aromatic N) is 3. The number of hydrogen-bond acceptors (Lipinski definition) is 3. The number of imidazole rings is 1. The molecule has 3 aromatic carbocycles. The van der Waals surface area contributed by atoms with Crippen LogP contribution in [0.2, 0.25) is 0 Å². The van der Waals surface area contributed by atoms with Crippen molar-refractivity contribution in [1.29, 1.82) is 0 Å². The van der Waals surface area contributed by atoms with Gasteiger partial charge in [-0.25, -0.2) is 9.37 Å². The van der Waals surface area contributed by atoms with E-state index in [1.54, 1.807) is 23.1 Å². The lowest BCUT2D eigenvalue weighted by Crippen LogP contribution is -2.39. The number of carbonyl (C=O) groups excluding carboxylic acids is 1. The molecule has 6 rings (SSSR count). The highest BCUT2D eigenvalue weighted by Crippen LogP contribution is 2.38. The van der Waals surface area contributed by atoms with Crippen molar-refractivity contribution in [2.75, 3.05) is 19.7 Å².